The molecule has 0 aliphatic carbocycles. The van der Waals surface area contributed by atoms with Crippen LogP contribution < -0.4 is 4.74 Å². The maximum atomic E-state index is 5.74. The Balaban J connectivity index is 0.00000121. The molecule has 1 rings (SSSR count). The van der Waals surface area contributed by atoms with Crippen LogP contribution in [0.1, 0.15) is 43.7 Å². The van der Waals surface area contributed by atoms with Crippen molar-refractivity contribution in [1.29, 1.82) is 0 Å². The third kappa shape index (κ3) is 7.94. The van der Waals surface area contributed by atoms with Crippen LogP contribution in [0.15, 0.2) is 12.1 Å². The number of hydrogen-bond donors (Lipinski definition) is 0. The molecular formula is C14H21BrOZn. The van der Waals surface area contributed by atoms with Crippen molar-refractivity contribution >= 4 is 13.6 Å². The summed E-state index contributed by atoms with van der Waals surface area (Å²) in [6.45, 7) is 7.17. The molecule has 0 spiro atoms. The summed E-state index contributed by atoms with van der Waals surface area (Å²) in [6, 6.07) is 7.23. The van der Waals surface area contributed by atoms with Crippen molar-refractivity contribution in [2.24, 2.45) is 0 Å². The SMILES string of the molecule is CCCCCCOc1cc(C)[c-]cc1C.[Zn+][Br]. The van der Waals surface area contributed by atoms with Gasteiger partial charge in [-0.2, -0.15) is 17.7 Å². The van der Waals surface area contributed by atoms with Gasteiger partial charge in [0.2, 0.25) is 0 Å². The van der Waals surface area contributed by atoms with E-state index in [9.17, 15) is 0 Å². The van der Waals surface area contributed by atoms with E-state index in [1.54, 1.807) is 0 Å². The van der Waals surface area contributed by atoms with E-state index in [1.165, 1.54) is 41.2 Å². The Morgan fingerprint density at radius 3 is 2.59 bits per heavy atom. The van der Waals surface area contributed by atoms with Gasteiger partial charge in [0.25, 0.3) is 0 Å². The maximum absolute atomic E-state index is 5.74. The van der Waals surface area contributed by atoms with Gasteiger partial charge in [0, 0.05) is 5.75 Å². The Kier molecular flexibility index (Phi) is 11.3. The second kappa shape index (κ2) is 11.2. The van der Waals surface area contributed by atoms with Crippen LogP contribution in [0.25, 0.3) is 0 Å². The minimum atomic E-state index is 0.838. The monoisotopic (exact) mass is 348 g/mol. The van der Waals surface area contributed by atoms with Crippen LogP contribution >= 0.6 is 13.6 Å². The molecule has 1 aromatic rings. The fourth-order valence-corrected chi connectivity index (χ4v) is 1.51. The topological polar surface area (TPSA) is 9.23 Å². The zero-order valence-electron chi connectivity index (χ0n) is 11.2. The van der Waals surface area contributed by atoms with Gasteiger partial charge >= 0.3 is 30.0 Å². The zero-order valence-corrected chi connectivity index (χ0v) is 15.7. The van der Waals surface area contributed by atoms with Gasteiger partial charge in [-0.1, -0.05) is 40.0 Å². The molecule has 17 heavy (non-hydrogen) atoms. The van der Waals surface area contributed by atoms with E-state index in [2.05, 4.69) is 39.6 Å². The molecule has 0 saturated carbocycles. The zero-order chi connectivity index (χ0) is 13.1. The van der Waals surface area contributed by atoms with Gasteiger partial charge in [0.05, 0.1) is 6.61 Å². The molecule has 1 aromatic carbocycles. The van der Waals surface area contributed by atoms with Crippen LogP contribution in [0.2, 0.25) is 0 Å². The minimum absolute atomic E-state index is 0.838. The first-order chi connectivity index (χ1) is 8.24. The predicted octanol–water partition coefficient (Wildman–Crippen LogP) is 4.91. The van der Waals surface area contributed by atoms with Crippen LogP contribution in [0.4, 0.5) is 0 Å². The molecule has 0 aliphatic rings. The fraction of sp³-hybridized carbons (Fsp3) is 0.571. The first kappa shape index (κ1) is 17.1. The van der Waals surface area contributed by atoms with Crippen LogP contribution in [-0.4, -0.2) is 6.61 Å². The molecule has 0 saturated heterocycles. The van der Waals surface area contributed by atoms with E-state index >= 15 is 0 Å². The number of halogens is 1. The summed E-state index contributed by atoms with van der Waals surface area (Å²) in [4.78, 5) is 0. The summed E-state index contributed by atoms with van der Waals surface area (Å²) in [6.07, 6.45) is 5.01. The predicted molar refractivity (Wildman–Crippen MR) is 73.3 cm³/mol. The quantitative estimate of drug-likeness (QED) is 0.402. The average molecular weight is 351 g/mol. The Hall–Kier alpha value is 0.123. The summed E-state index contributed by atoms with van der Waals surface area (Å²) < 4.78 is 5.74. The average Bonchev–Trinajstić information content (AvgIpc) is 2.36. The first-order valence-corrected chi connectivity index (χ1v) is 13.1. The van der Waals surface area contributed by atoms with Crippen molar-refractivity contribution in [3.05, 3.63) is 29.3 Å². The van der Waals surface area contributed by atoms with Gasteiger partial charge in [-0.25, -0.2) is 0 Å². The van der Waals surface area contributed by atoms with Gasteiger partial charge in [-0.05, 0) is 6.42 Å². The van der Waals surface area contributed by atoms with Crippen LogP contribution in [0.3, 0.4) is 0 Å². The third-order valence-corrected chi connectivity index (χ3v) is 2.51. The summed E-state index contributed by atoms with van der Waals surface area (Å²) in [5.74, 6) is 1.02. The molecule has 0 aromatic heterocycles. The Morgan fingerprint density at radius 1 is 1.24 bits per heavy atom. The van der Waals surface area contributed by atoms with Crippen molar-refractivity contribution < 1.29 is 21.1 Å². The van der Waals surface area contributed by atoms with Gasteiger partial charge in [-0.15, -0.1) is 11.6 Å². The van der Waals surface area contributed by atoms with Crippen molar-refractivity contribution in [3.63, 3.8) is 0 Å². The number of aryl methyl sites for hydroxylation is 2. The molecule has 1 nitrogen and oxygen atoms in total. The Labute approximate surface area is 122 Å². The number of rotatable bonds is 6. The summed E-state index contributed by atoms with van der Waals surface area (Å²) >= 11 is 4.25. The Morgan fingerprint density at radius 2 is 1.94 bits per heavy atom. The molecule has 92 valence electrons. The molecule has 0 unspecified atom stereocenters. The van der Waals surface area contributed by atoms with Crippen LogP contribution in [0.5, 0.6) is 5.75 Å². The normalized spacial score (nSPS) is 9.53. The van der Waals surface area contributed by atoms with E-state index < -0.39 is 0 Å². The van der Waals surface area contributed by atoms with Gasteiger partial charge < -0.3 is 4.74 Å². The number of ether oxygens (including phenoxy) is 1. The van der Waals surface area contributed by atoms with Crippen molar-refractivity contribution in [2.45, 2.75) is 46.5 Å². The second-order valence-corrected chi connectivity index (χ2v) is 4.07. The molecule has 0 atom stereocenters. The number of benzene rings is 1. The van der Waals surface area contributed by atoms with Crippen molar-refractivity contribution in [2.75, 3.05) is 6.61 Å². The molecule has 0 amide bonds. The van der Waals surface area contributed by atoms with E-state index in [4.69, 9.17) is 4.74 Å². The van der Waals surface area contributed by atoms with Gasteiger partial charge in [-0.3, -0.25) is 0 Å². The van der Waals surface area contributed by atoms with E-state index in [-0.39, 0.29) is 0 Å². The fourth-order valence-electron chi connectivity index (χ4n) is 1.51. The molecule has 0 radical (unpaired) electrons. The molecule has 0 fully saturated rings. The molecule has 3 heteroatoms. The Bertz CT molecular complexity index is 302. The molecule has 0 N–H and O–H groups in total. The van der Waals surface area contributed by atoms with E-state index in [1.807, 2.05) is 13.0 Å². The third-order valence-electron chi connectivity index (χ3n) is 2.51. The first-order valence-electron chi connectivity index (χ1n) is 6.12. The second-order valence-electron chi connectivity index (χ2n) is 4.07. The van der Waals surface area contributed by atoms with Gasteiger partial charge in [0.15, 0.2) is 0 Å². The number of unbranched alkanes of at least 4 members (excludes halogenated alkanes) is 3. The van der Waals surface area contributed by atoms with Crippen molar-refractivity contribution in [3.8, 4) is 5.75 Å². The van der Waals surface area contributed by atoms with E-state index in [0.717, 1.165) is 24.3 Å². The van der Waals surface area contributed by atoms with Crippen LogP contribution in [0, 0.1) is 19.9 Å². The molecular weight excluding hydrogens is 329 g/mol. The summed E-state index contributed by atoms with van der Waals surface area (Å²) in [7, 11) is 0. The number of hydrogen-bond acceptors (Lipinski definition) is 1. The molecule has 0 aliphatic heterocycles. The van der Waals surface area contributed by atoms with Crippen molar-refractivity contribution in [1.82, 2.24) is 0 Å². The standard InChI is InChI=1S/C14H21O.BrH.Zn/c1-4-5-6-7-10-15-14-11-12(2)8-9-13(14)3;;/h9,11H,4-7,10H2,1-3H3;1H;/q-1;;+2/p-1. The van der Waals surface area contributed by atoms with Crippen LogP contribution in [-0.2, 0) is 16.3 Å². The summed E-state index contributed by atoms with van der Waals surface area (Å²) in [5, 5.41) is 0. The summed E-state index contributed by atoms with van der Waals surface area (Å²) in [5.41, 5.74) is 2.32. The molecule has 0 bridgehead atoms. The molecule has 0 heterocycles. The van der Waals surface area contributed by atoms with E-state index in [0.29, 0.717) is 0 Å². The van der Waals surface area contributed by atoms with Gasteiger partial charge in [0.1, 0.15) is 0 Å².